The van der Waals surface area contributed by atoms with Gasteiger partial charge in [-0.25, -0.2) is 0 Å². The quantitative estimate of drug-likeness (QED) is 0.842. The normalized spacial score (nSPS) is 24.3. The summed E-state index contributed by atoms with van der Waals surface area (Å²) >= 11 is 0. The largest absolute Gasteiger partial charge is 0.396 e. The predicted octanol–water partition coefficient (Wildman–Crippen LogP) is 0.735. The fourth-order valence-electron chi connectivity index (χ4n) is 2.09. The van der Waals surface area contributed by atoms with Gasteiger partial charge in [-0.1, -0.05) is 0 Å². The van der Waals surface area contributed by atoms with Crippen molar-refractivity contribution in [1.29, 1.82) is 0 Å². The first-order valence-corrected chi connectivity index (χ1v) is 6.28. The minimum absolute atomic E-state index is 0.0552. The maximum atomic E-state index is 12.4. The van der Waals surface area contributed by atoms with Crippen molar-refractivity contribution in [3.8, 4) is 0 Å². The Labute approximate surface area is 107 Å². The molecule has 1 amide bonds. The van der Waals surface area contributed by atoms with E-state index < -0.39 is 0 Å². The van der Waals surface area contributed by atoms with Crippen LogP contribution in [0.25, 0.3) is 0 Å². The fraction of sp³-hybridized carbons (Fsp3) is 0.667. The Morgan fingerprint density at radius 3 is 2.94 bits per heavy atom. The van der Waals surface area contributed by atoms with E-state index in [1.165, 1.54) is 0 Å². The molecule has 1 aliphatic heterocycles. The second-order valence-corrected chi connectivity index (χ2v) is 4.74. The molecular formula is C12H20N4O2. The first kappa shape index (κ1) is 12.9. The molecule has 1 aromatic heterocycles. The van der Waals surface area contributed by atoms with Crippen LogP contribution < -0.4 is 5.73 Å². The van der Waals surface area contributed by atoms with Crippen LogP contribution in [0.4, 0.5) is 5.69 Å². The summed E-state index contributed by atoms with van der Waals surface area (Å²) in [6, 6.07) is 0.0554. The highest BCUT2D eigenvalue weighted by atomic mass is 16.5. The molecule has 18 heavy (non-hydrogen) atoms. The zero-order valence-electron chi connectivity index (χ0n) is 11.1. The van der Waals surface area contributed by atoms with Crippen LogP contribution >= 0.6 is 0 Å². The molecule has 2 rings (SSSR count). The molecule has 2 unspecified atom stereocenters. The van der Waals surface area contributed by atoms with E-state index in [-0.39, 0.29) is 18.1 Å². The molecule has 100 valence electrons. The molecule has 1 aliphatic rings. The van der Waals surface area contributed by atoms with Crippen molar-refractivity contribution in [2.45, 2.75) is 39.5 Å². The molecule has 2 N–H and O–H groups in total. The maximum Gasteiger partial charge on any atom is 0.276 e. The molecule has 0 aliphatic carbocycles. The van der Waals surface area contributed by atoms with Gasteiger partial charge in [0, 0.05) is 19.3 Å². The van der Waals surface area contributed by atoms with E-state index in [9.17, 15) is 4.79 Å². The SMILES string of the molecule is CCn1cc(N)c(C(=O)N2CC(C)OCC2C)n1. The van der Waals surface area contributed by atoms with Gasteiger partial charge in [0.2, 0.25) is 0 Å². The zero-order chi connectivity index (χ0) is 13.3. The third kappa shape index (κ3) is 2.33. The number of aryl methyl sites for hydroxylation is 1. The molecule has 1 fully saturated rings. The van der Waals surface area contributed by atoms with Gasteiger partial charge >= 0.3 is 0 Å². The van der Waals surface area contributed by atoms with Crippen LogP contribution in [0.5, 0.6) is 0 Å². The van der Waals surface area contributed by atoms with Crippen molar-refractivity contribution in [1.82, 2.24) is 14.7 Å². The lowest BCUT2D eigenvalue weighted by molar-refractivity contribution is -0.0388. The van der Waals surface area contributed by atoms with Crippen molar-refractivity contribution in [3.63, 3.8) is 0 Å². The van der Waals surface area contributed by atoms with E-state index in [2.05, 4.69) is 5.10 Å². The first-order chi connectivity index (χ1) is 8.52. The molecule has 0 radical (unpaired) electrons. The van der Waals surface area contributed by atoms with Crippen molar-refractivity contribution in [2.75, 3.05) is 18.9 Å². The van der Waals surface area contributed by atoms with Crippen LogP contribution in [0.15, 0.2) is 6.20 Å². The molecule has 6 heteroatoms. The van der Waals surface area contributed by atoms with Gasteiger partial charge in [0.15, 0.2) is 5.69 Å². The summed E-state index contributed by atoms with van der Waals surface area (Å²) in [5, 5.41) is 4.22. The molecule has 2 atom stereocenters. The Hall–Kier alpha value is -1.56. The van der Waals surface area contributed by atoms with Crippen LogP contribution in [0, 0.1) is 0 Å². The maximum absolute atomic E-state index is 12.4. The van der Waals surface area contributed by atoms with Gasteiger partial charge in [-0.05, 0) is 20.8 Å². The topological polar surface area (TPSA) is 73.4 Å². The van der Waals surface area contributed by atoms with Crippen LogP contribution in [0.2, 0.25) is 0 Å². The smallest absolute Gasteiger partial charge is 0.276 e. The zero-order valence-corrected chi connectivity index (χ0v) is 11.1. The molecule has 1 saturated heterocycles. The van der Waals surface area contributed by atoms with Crippen LogP contribution in [0.3, 0.4) is 0 Å². The van der Waals surface area contributed by atoms with Gasteiger partial charge in [-0.15, -0.1) is 0 Å². The molecule has 1 aromatic rings. The number of rotatable bonds is 2. The van der Waals surface area contributed by atoms with Gasteiger partial charge in [-0.2, -0.15) is 5.10 Å². The lowest BCUT2D eigenvalue weighted by Crippen LogP contribution is -2.50. The number of nitrogen functional groups attached to an aromatic ring is 1. The van der Waals surface area contributed by atoms with Crippen LogP contribution in [-0.2, 0) is 11.3 Å². The van der Waals surface area contributed by atoms with E-state index in [0.717, 1.165) is 0 Å². The number of amides is 1. The van der Waals surface area contributed by atoms with Gasteiger partial charge in [0.25, 0.3) is 5.91 Å². The fourth-order valence-corrected chi connectivity index (χ4v) is 2.09. The Kier molecular flexibility index (Phi) is 3.56. The summed E-state index contributed by atoms with van der Waals surface area (Å²) in [6.07, 6.45) is 1.75. The molecule has 0 spiro atoms. The van der Waals surface area contributed by atoms with Crippen molar-refractivity contribution in [3.05, 3.63) is 11.9 Å². The highest BCUT2D eigenvalue weighted by molar-refractivity contribution is 5.97. The molecule has 2 heterocycles. The first-order valence-electron chi connectivity index (χ1n) is 6.28. The molecule has 6 nitrogen and oxygen atoms in total. The number of carbonyl (C=O) groups is 1. The number of hydrogen-bond acceptors (Lipinski definition) is 4. The number of nitrogens with zero attached hydrogens (tertiary/aromatic N) is 3. The van der Waals surface area contributed by atoms with Crippen LogP contribution in [-0.4, -0.2) is 45.9 Å². The van der Waals surface area contributed by atoms with Gasteiger partial charge in [-0.3, -0.25) is 9.48 Å². The van der Waals surface area contributed by atoms with Gasteiger partial charge < -0.3 is 15.4 Å². The van der Waals surface area contributed by atoms with Gasteiger partial charge in [0.05, 0.1) is 24.4 Å². The number of hydrogen-bond donors (Lipinski definition) is 1. The Bertz CT molecular complexity index is 443. The second-order valence-electron chi connectivity index (χ2n) is 4.74. The molecule has 0 bridgehead atoms. The summed E-state index contributed by atoms with van der Waals surface area (Å²) in [5.41, 5.74) is 6.63. The number of aromatic nitrogens is 2. The van der Waals surface area contributed by atoms with Crippen LogP contribution in [0.1, 0.15) is 31.3 Å². The minimum Gasteiger partial charge on any atom is -0.396 e. The Morgan fingerprint density at radius 1 is 1.61 bits per heavy atom. The number of ether oxygens (including phenoxy) is 1. The second kappa shape index (κ2) is 4.97. The highest BCUT2D eigenvalue weighted by Crippen LogP contribution is 2.18. The third-order valence-corrected chi connectivity index (χ3v) is 3.19. The Morgan fingerprint density at radius 2 is 2.33 bits per heavy atom. The average molecular weight is 252 g/mol. The number of anilines is 1. The summed E-state index contributed by atoms with van der Waals surface area (Å²) in [4.78, 5) is 14.2. The Balaban J connectivity index is 2.21. The molecular weight excluding hydrogens is 232 g/mol. The van der Waals surface area contributed by atoms with Crippen molar-refractivity contribution < 1.29 is 9.53 Å². The number of morpholine rings is 1. The summed E-state index contributed by atoms with van der Waals surface area (Å²) < 4.78 is 7.19. The van der Waals surface area contributed by atoms with E-state index in [0.29, 0.717) is 31.1 Å². The average Bonchev–Trinajstić information content (AvgIpc) is 2.73. The van der Waals surface area contributed by atoms with E-state index in [1.54, 1.807) is 15.8 Å². The lowest BCUT2D eigenvalue weighted by Gasteiger charge is -2.36. The third-order valence-electron chi connectivity index (χ3n) is 3.19. The molecule has 0 saturated carbocycles. The van der Waals surface area contributed by atoms with E-state index in [4.69, 9.17) is 10.5 Å². The van der Waals surface area contributed by atoms with Crippen molar-refractivity contribution in [2.24, 2.45) is 0 Å². The number of carbonyl (C=O) groups excluding carboxylic acids is 1. The van der Waals surface area contributed by atoms with E-state index in [1.807, 2.05) is 20.8 Å². The van der Waals surface area contributed by atoms with Crippen molar-refractivity contribution >= 4 is 11.6 Å². The molecule has 0 aromatic carbocycles. The standard InChI is InChI=1S/C12H20N4O2/c1-4-15-6-10(13)11(14-15)12(17)16-5-9(3)18-7-8(16)2/h6,8-9H,4-5,7,13H2,1-3H3. The summed E-state index contributed by atoms with van der Waals surface area (Å²) in [7, 11) is 0. The lowest BCUT2D eigenvalue weighted by atomic mass is 10.2. The summed E-state index contributed by atoms with van der Waals surface area (Å²) in [5.74, 6) is -0.109. The number of nitrogens with two attached hydrogens (primary N) is 1. The minimum atomic E-state index is -0.109. The highest BCUT2D eigenvalue weighted by Gasteiger charge is 2.30. The monoisotopic (exact) mass is 252 g/mol. The predicted molar refractivity (Wildman–Crippen MR) is 68.2 cm³/mol. The summed E-state index contributed by atoms with van der Waals surface area (Å²) in [6.45, 7) is 7.73. The van der Waals surface area contributed by atoms with E-state index >= 15 is 0 Å². The van der Waals surface area contributed by atoms with Gasteiger partial charge in [0.1, 0.15) is 0 Å².